The molecule has 0 amide bonds. The van der Waals surface area contributed by atoms with Crippen LogP contribution >= 0.6 is 15.9 Å². The monoisotopic (exact) mass is 280 g/mol. The highest BCUT2D eigenvalue weighted by Gasteiger charge is 2.20. The van der Waals surface area contributed by atoms with Crippen molar-refractivity contribution in [3.8, 4) is 0 Å². The molecule has 16 heavy (non-hydrogen) atoms. The zero-order valence-corrected chi connectivity index (χ0v) is 10.5. The Bertz CT molecular complexity index is 502. The maximum absolute atomic E-state index is 4.52. The molecule has 84 valence electrons. The van der Waals surface area contributed by atoms with Gasteiger partial charge in [-0.15, -0.1) is 0 Å². The van der Waals surface area contributed by atoms with Gasteiger partial charge in [0.25, 0.3) is 0 Å². The summed E-state index contributed by atoms with van der Waals surface area (Å²) in [4.78, 5) is 8.69. The summed E-state index contributed by atoms with van der Waals surface area (Å²) in [6.45, 7) is 0. The van der Waals surface area contributed by atoms with Gasteiger partial charge in [0, 0.05) is 12.4 Å². The highest BCUT2D eigenvalue weighted by atomic mass is 79.9. The van der Waals surface area contributed by atoms with Gasteiger partial charge in [0.05, 0.1) is 6.04 Å². The Balaban J connectivity index is 2.08. The second-order valence-corrected chi connectivity index (χ2v) is 5.01. The molecule has 0 bridgehead atoms. The molecule has 5 heteroatoms. The second-order valence-electron chi connectivity index (χ2n) is 4.26. The van der Waals surface area contributed by atoms with Crippen LogP contribution in [-0.4, -0.2) is 19.7 Å². The number of rotatable bonds is 1. The molecule has 0 N–H and O–H groups in total. The molecule has 2 aromatic rings. The molecule has 0 atom stereocenters. The maximum Gasteiger partial charge on any atom is 0.178 e. The fourth-order valence-electron chi connectivity index (χ4n) is 2.41. The van der Waals surface area contributed by atoms with E-state index in [2.05, 4.69) is 31.0 Å². The number of aromatic nitrogens is 4. The number of nitrogens with zero attached hydrogens (tertiary/aromatic N) is 4. The Morgan fingerprint density at radius 2 is 1.88 bits per heavy atom. The minimum absolute atomic E-state index is 0.499. The summed E-state index contributed by atoms with van der Waals surface area (Å²) in [5.41, 5.74) is 1.77. The van der Waals surface area contributed by atoms with Crippen molar-refractivity contribution in [2.24, 2.45) is 0 Å². The Hall–Kier alpha value is -0.970. The van der Waals surface area contributed by atoms with Gasteiger partial charge in [-0.05, 0) is 28.8 Å². The lowest BCUT2D eigenvalue weighted by Crippen LogP contribution is -2.14. The minimum Gasteiger partial charge on any atom is -0.248 e. The van der Waals surface area contributed by atoms with E-state index in [1.165, 1.54) is 32.1 Å². The van der Waals surface area contributed by atoms with E-state index in [9.17, 15) is 0 Å². The molecule has 0 radical (unpaired) electrons. The number of fused-ring (bicyclic) bond motifs is 1. The quantitative estimate of drug-likeness (QED) is 0.806. The predicted molar refractivity (Wildman–Crippen MR) is 65.1 cm³/mol. The van der Waals surface area contributed by atoms with Crippen molar-refractivity contribution in [2.75, 3.05) is 0 Å². The van der Waals surface area contributed by atoms with E-state index in [1.54, 1.807) is 12.4 Å². The van der Waals surface area contributed by atoms with Crippen molar-refractivity contribution in [3.63, 3.8) is 0 Å². The van der Waals surface area contributed by atoms with Crippen molar-refractivity contribution in [2.45, 2.75) is 38.1 Å². The van der Waals surface area contributed by atoms with Crippen LogP contribution < -0.4 is 0 Å². The van der Waals surface area contributed by atoms with Crippen LogP contribution in [0.15, 0.2) is 17.0 Å². The second kappa shape index (κ2) is 4.13. The minimum atomic E-state index is 0.499. The fraction of sp³-hybridized carbons (Fsp3) is 0.545. The van der Waals surface area contributed by atoms with Gasteiger partial charge < -0.3 is 0 Å². The molecule has 1 fully saturated rings. The number of halogens is 1. The molecule has 4 nitrogen and oxygen atoms in total. The van der Waals surface area contributed by atoms with Gasteiger partial charge >= 0.3 is 0 Å². The largest absolute Gasteiger partial charge is 0.248 e. The molecule has 0 aromatic carbocycles. The molecule has 2 heterocycles. The molecule has 3 rings (SSSR count). The van der Waals surface area contributed by atoms with Crippen molar-refractivity contribution < 1.29 is 0 Å². The van der Waals surface area contributed by atoms with Crippen LogP contribution in [0.1, 0.15) is 38.1 Å². The highest BCUT2D eigenvalue weighted by Crippen LogP contribution is 2.31. The predicted octanol–water partition coefficient (Wildman–Crippen LogP) is 3.09. The first-order chi connectivity index (χ1) is 7.86. The molecule has 1 saturated carbocycles. The van der Waals surface area contributed by atoms with Gasteiger partial charge in [-0.25, -0.2) is 14.6 Å². The fourth-order valence-corrected chi connectivity index (χ4v) is 2.86. The van der Waals surface area contributed by atoms with Crippen LogP contribution in [0.5, 0.6) is 0 Å². The van der Waals surface area contributed by atoms with E-state index in [4.69, 9.17) is 0 Å². The van der Waals surface area contributed by atoms with Crippen LogP contribution in [0, 0.1) is 0 Å². The van der Waals surface area contributed by atoms with Gasteiger partial charge in [-0.2, -0.15) is 5.10 Å². The van der Waals surface area contributed by atoms with E-state index in [0.29, 0.717) is 6.04 Å². The Labute approximate surface area is 102 Å². The Morgan fingerprint density at radius 1 is 1.12 bits per heavy atom. The average Bonchev–Trinajstić information content (AvgIpc) is 2.69. The first kappa shape index (κ1) is 10.2. The smallest absolute Gasteiger partial charge is 0.178 e. The SMILES string of the molecule is Brc1nn(C2CCCCC2)c2nccnc12. The summed E-state index contributed by atoms with van der Waals surface area (Å²) in [7, 11) is 0. The van der Waals surface area contributed by atoms with Gasteiger partial charge in [-0.3, -0.25) is 0 Å². The molecule has 1 aliphatic carbocycles. The van der Waals surface area contributed by atoms with Crippen LogP contribution in [0.25, 0.3) is 11.2 Å². The van der Waals surface area contributed by atoms with E-state index in [-0.39, 0.29) is 0 Å². The van der Waals surface area contributed by atoms with E-state index < -0.39 is 0 Å². The summed E-state index contributed by atoms with van der Waals surface area (Å²) < 4.78 is 2.85. The lowest BCUT2D eigenvalue weighted by molar-refractivity contribution is 0.335. The lowest BCUT2D eigenvalue weighted by Gasteiger charge is -2.21. The number of hydrogen-bond donors (Lipinski definition) is 0. The average molecular weight is 281 g/mol. The maximum atomic E-state index is 4.52. The summed E-state index contributed by atoms with van der Waals surface area (Å²) in [5, 5.41) is 4.52. The molecule has 0 unspecified atom stereocenters. The molecular weight excluding hydrogens is 268 g/mol. The third-order valence-corrected chi connectivity index (χ3v) is 3.74. The normalized spacial score (nSPS) is 18.1. The summed E-state index contributed by atoms with van der Waals surface area (Å²) in [5.74, 6) is 0. The standard InChI is InChI=1S/C11H13BrN4/c12-10-9-11(14-7-6-13-9)16(15-10)8-4-2-1-3-5-8/h6-8H,1-5H2. The molecule has 0 spiro atoms. The van der Waals surface area contributed by atoms with Crippen LogP contribution in [0.4, 0.5) is 0 Å². The van der Waals surface area contributed by atoms with Gasteiger partial charge in [-0.1, -0.05) is 19.3 Å². The summed E-state index contributed by atoms with van der Waals surface area (Å²) in [6, 6.07) is 0.499. The van der Waals surface area contributed by atoms with Gasteiger partial charge in [0.2, 0.25) is 0 Å². The molecular formula is C11H13BrN4. The zero-order valence-electron chi connectivity index (χ0n) is 8.93. The first-order valence-corrected chi connectivity index (χ1v) is 6.50. The number of hydrogen-bond acceptors (Lipinski definition) is 3. The third-order valence-electron chi connectivity index (χ3n) is 3.21. The van der Waals surface area contributed by atoms with Crippen LogP contribution in [-0.2, 0) is 0 Å². The summed E-state index contributed by atoms with van der Waals surface area (Å²) in [6.07, 6.45) is 9.80. The van der Waals surface area contributed by atoms with Crippen molar-refractivity contribution in [1.29, 1.82) is 0 Å². The van der Waals surface area contributed by atoms with E-state index >= 15 is 0 Å². The third kappa shape index (κ3) is 1.63. The first-order valence-electron chi connectivity index (χ1n) is 5.71. The molecule has 0 aliphatic heterocycles. The zero-order chi connectivity index (χ0) is 11.0. The van der Waals surface area contributed by atoms with Gasteiger partial charge in [0.15, 0.2) is 10.3 Å². The lowest BCUT2D eigenvalue weighted by atomic mass is 9.96. The van der Waals surface area contributed by atoms with Crippen LogP contribution in [0.3, 0.4) is 0 Å². The van der Waals surface area contributed by atoms with E-state index in [0.717, 1.165) is 15.8 Å². The van der Waals surface area contributed by atoms with Crippen molar-refractivity contribution in [1.82, 2.24) is 19.7 Å². The Kier molecular flexibility index (Phi) is 2.63. The molecule has 2 aromatic heterocycles. The van der Waals surface area contributed by atoms with Crippen LogP contribution in [0.2, 0.25) is 0 Å². The van der Waals surface area contributed by atoms with E-state index in [1.807, 2.05) is 4.68 Å². The Morgan fingerprint density at radius 3 is 2.69 bits per heavy atom. The van der Waals surface area contributed by atoms with Crippen molar-refractivity contribution in [3.05, 3.63) is 17.0 Å². The summed E-state index contributed by atoms with van der Waals surface area (Å²) >= 11 is 3.45. The molecule has 0 saturated heterocycles. The topological polar surface area (TPSA) is 43.6 Å². The van der Waals surface area contributed by atoms with Gasteiger partial charge in [0.1, 0.15) is 5.52 Å². The molecule has 1 aliphatic rings. The van der Waals surface area contributed by atoms with Crippen molar-refractivity contribution >= 4 is 27.1 Å². The highest BCUT2D eigenvalue weighted by molar-refractivity contribution is 9.10.